The first-order valence-corrected chi connectivity index (χ1v) is 9.03. The Morgan fingerprint density at radius 3 is 2.36 bits per heavy atom. The molecule has 0 heterocycles. The second kappa shape index (κ2) is 9.46. The zero-order valence-corrected chi connectivity index (χ0v) is 16.0. The normalized spacial score (nSPS) is 10.2. The van der Waals surface area contributed by atoms with E-state index in [0.29, 0.717) is 36.0 Å². The van der Waals surface area contributed by atoms with E-state index in [0.717, 1.165) is 11.3 Å². The third-order valence-electron chi connectivity index (χ3n) is 4.09. The maximum absolute atomic E-state index is 12.8. The number of carbonyl (C=O) groups excluding carboxylic acids is 1. The first-order valence-electron chi connectivity index (χ1n) is 9.03. The lowest BCUT2D eigenvalue weighted by Gasteiger charge is -2.14. The van der Waals surface area contributed by atoms with Crippen LogP contribution in [0.2, 0.25) is 0 Å². The molecule has 1 amide bonds. The number of hydrogen-bond acceptors (Lipinski definition) is 4. The molecule has 0 spiro atoms. The Balaban J connectivity index is 1.64. The molecule has 3 rings (SSSR count). The third-order valence-corrected chi connectivity index (χ3v) is 4.09. The standard InChI is InChI=1S/C23H23NO4/c1-17-12-13-22(26-2)20(16-17)24-23(25)19-10-6-7-11-21(19)28-15-14-27-18-8-4-3-5-9-18/h3-13,16H,14-15H2,1-2H3,(H,24,25). The van der Waals surface area contributed by atoms with Crippen LogP contribution in [0, 0.1) is 6.92 Å². The molecule has 5 nitrogen and oxygen atoms in total. The highest BCUT2D eigenvalue weighted by atomic mass is 16.5. The van der Waals surface area contributed by atoms with Crippen LogP contribution in [0.3, 0.4) is 0 Å². The summed E-state index contributed by atoms with van der Waals surface area (Å²) in [7, 11) is 1.57. The molecular weight excluding hydrogens is 354 g/mol. The summed E-state index contributed by atoms with van der Waals surface area (Å²) < 4.78 is 16.7. The number of amides is 1. The number of methoxy groups -OCH3 is 1. The summed E-state index contributed by atoms with van der Waals surface area (Å²) in [5.41, 5.74) is 2.10. The highest BCUT2D eigenvalue weighted by Crippen LogP contribution is 2.27. The fourth-order valence-corrected chi connectivity index (χ4v) is 2.72. The second-order valence-electron chi connectivity index (χ2n) is 6.16. The molecule has 0 aliphatic rings. The van der Waals surface area contributed by atoms with Gasteiger partial charge < -0.3 is 19.5 Å². The smallest absolute Gasteiger partial charge is 0.259 e. The van der Waals surface area contributed by atoms with E-state index in [1.165, 1.54) is 0 Å². The molecule has 0 saturated carbocycles. The number of para-hydroxylation sites is 2. The fourth-order valence-electron chi connectivity index (χ4n) is 2.72. The molecule has 0 radical (unpaired) electrons. The molecule has 0 fully saturated rings. The van der Waals surface area contributed by atoms with Gasteiger partial charge in [-0.25, -0.2) is 0 Å². The monoisotopic (exact) mass is 377 g/mol. The molecule has 0 atom stereocenters. The van der Waals surface area contributed by atoms with Crippen molar-refractivity contribution in [2.45, 2.75) is 6.92 Å². The minimum atomic E-state index is -0.261. The highest BCUT2D eigenvalue weighted by Gasteiger charge is 2.14. The average molecular weight is 377 g/mol. The molecule has 0 aromatic heterocycles. The van der Waals surface area contributed by atoms with E-state index in [-0.39, 0.29) is 5.91 Å². The Labute approximate surface area is 164 Å². The van der Waals surface area contributed by atoms with Crippen molar-refractivity contribution in [3.8, 4) is 17.2 Å². The summed E-state index contributed by atoms with van der Waals surface area (Å²) >= 11 is 0. The maximum atomic E-state index is 12.8. The lowest BCUT2D eigenvalue weighted by molar-refractivity contribution is 0.102. The first-order chi connectivity index (χ1) is 13.7. The minimum absolute atomic E-state index is 0.261. The van der Waals surface area contributed by atoms with Gasteiger partial charge in [-0.05, 0) is 48.9 Å². The van der Waals surface area contributed by atoms with E-state index in [4.69, 9.17) is 14.2 Å². The summed E-state index contributed by atoms with van der Waals surface area (Å²) in [5, 5.41) is 2.90. The van der Waals surface area contributed by atoms with Gasteiger partial charge in [-0.15, -0.1) is 0 Å². The third kappa shape index (κ3) is 5.04. The van der Waals surface area contributed by atoms with Crippen LogP contribution < -0.4 is 19.5 Å². The molecular formula is C23H23NO4. The van der Waals surface area contributed by atoms with Gasteiger partial charge in [0.05, 0.1) is 18.4 Å². The molecule has 0 aliphatic carbocycles. The quantitative estimate of drug-likeness (QED) is 0.578. The van der Waals surface area contributed by atoms with Crippen molar-refractivity contribution in [2.24, 2.45) is 0 Å². The highest BCUT2D eigenvalue weighted by molar-refractivity contribution is 6.06. The Kier molecular flexibility index (Phi) is 6.52. The summed E-state index contributed by atoms with van der Waals surface area (Å²) in [6, 6.07) is 22.3. The Bertz CT molecular complexity index is 925. The van der Waals surface area contributed by atoms with Crippen LogP contribution in [-0.2, 0) is 0 Å². The van der Waals surface area contributed by atoms with Crippen LogP contribution in [0.25, 0.3) is 0 Å². The number of benzene rings is 3. The van der Waals surface area contributed by atoms with Crippen molar-refractivity contribution in [2.75, 3.05) is 25.6 Å². The lowest BCUT2D eigenvalue weighted by atomic mass is 10.1. The van der Waals surface area contributed by atoms with Crippen LogP contribution in [0.5, 0.6) is 17.2 Å². The van der Waals surface area contributed by atoms with Gasteiger partial charge in [-0.2, -0.15) is 0 Å². The van der Waals surface area contributed by atoms with Crippen LogP contribution >= 0.6 is 0 Å². The first kappa shape index (κ1) is 19.3. The maximum Gasteiger partial charge on any atom is 0.259 e. The van der Waals surface area contributed by atoms with Crippen molar-refractivity contribution in [3.05, 3.63) is 83.9 Å². The molecule has 0 unspecified atom stereocenters. The molecule has 0 bridgehead atoms. The van der Waals surface area contributed by atoms with Gasteiger partial charge in [-0.3, -0.25) is 4.79 Å². The number of anilines is 1. The molecule has 1 N–H and O–H groups in total. The van der Waals surface area contributed by atoms with Gasteiger partial charge in [0.1, 0.15) is 30.5 Å². The number of hydrogen-bond donors (Lipinski definition) is 1. The summed E-state index contributed by atoms with van der Waals surface area (Å²) in [4.78, 5) is 12.8. The minimum Gasteiger partial charge on any atom is -0.495 e. The van der Waals surface area contributed by atoms with Crippen LogP contribution in [0.15, 0.2) is 72.8 Å². The van der Waals surface area contributed by atoms with Crippen molar-refractivity contribution in [3.63, 3.8) is 0 Å². The van der Waals surface area contributed by atoms with Crippen molar-refractivity contribution < 1.29 is 19.0 Å². The molecule has 0 aliphatic heterocycles. The number of carbonyl (C=O) groups is 1. The van der Waals surface area contributed by atoms with Gasteiger partial charge in [0.25, 0.3) is 5.91 Å². The van der Waals surface area contributed by atoms with Gasteiger partial charge in [0.2, 0.25) is 0 Å². The van der Waals surface area contributed by atoms with Crippen LogP contribution in [-0.4, -0.2) is 26.2 Å². The Hall–Kier alpha value is -3.47. The SMILES string of the molecule is COc1ccc(C)cc1NC(=O)c1ccccc1OCCOc1ccccc1. The van der Waals surface area contributed by atoms with Crippen LogP contribution in [0.1, 0.15) is 15.9 Å². The molecule has 144 valence electrons. The van der Waals surface area contributed by atoms with Crippen molar-refractivity contribution >= 4 is 11.6 Å². The number of ether oxygens (including phenoxy) is 3. The van der Waals surface area contributed by atoms with Crippen molar-refractivity contribution in [1.82, 2.24) is 0 Å². The van der Waals surface area contributed by atoms with E-state index in [1.54, 1.807) is 25.3 Å². The Morgan fingerprint density at radius 2 is 1.57 bits per heavy atom. The summed E-state index contributed by atoms with van der Waals surface area (Å²) in [6.45, 7) is 2.66. The second-order valence-corrected chi connectivity index (χ2v) is 6.16. The molecule has 0 saturated heterocycles. The molecule has 28 heavy (non-hydrogen) atoms. The number of rotatable bonds is 8. The topological polar surface area (TPSA) is 56.8 Å². The zero-order valence-electron chi connectivity index (χ0n) is 16.0. The molecule has 3 aromatic carbocycles. The molecule has 3 aromatic rings. The molecule has 5 heteroatoms. The average Bonchev–Trinajstić information content (AvgIpc) is 2.72. The van der Waals surface area contributed by atoms with Gasteiger partial charge in [0, 0.05) is 0 Å². The predicted molar refractivity (Wildman–Crippen MR) is 110 cm³/mol. The largest absolute Gasteiger partial charge is 0.495 e. The van der Waals surface area contributed by atoms with E-state index >= 15 is 0 Å². The lowest BCUT2D eigenvalue weighted by Crippen LogP contribution is -2.16. The predicted octanol–water partition coefficient (Wildman–Crippen LogP) is 4.71. The van der Waals surface area contributed by atoms with E-state index in [2.05, 4.69) is 5.32 Å². The van der Waals surface area contributed by atoms with E-state index < -0.39 is 0 Å². The van der Waals surface area contributed by atoms with Crippen LogP contribution in [0.4, 0.5) is 5.69 Å². The summed E-state index contributed by atoms with van der Waals surface area (Å²) in [5.74, 6) is 1.63. The van der Waals surface area contributed by atoms with Gasteiger partial charge in [0.15, 0.2) is 0 Å². The van der Waals surface area contributed by atoms with E-state index in [9.17, 15) is 4.79 Å². The Morgan fingerprint density at radius 1 is 0.857 bits per heavy atom. The number of aryl methyl sites for hydroxylation is 1. The fraction of sp³-hybridized carbons (Fsp3) is 0.174. The van der Waals surface area contributed by atoms with E-state index in [1.807, 2.05) is 61.5 Å². The van der Waals surface area contributed by atoms with Gasteiger partial charge in [-0.1, -0.05) is 36.4 Å². The summed E-state index contributed by atoms with van der Waals surface area (Å²) in [6.07, 6.45) is 0. The van der Waals surface area contributed by atoms with Crippen molar-refractivity contribution in [1.29, 1.82) is 0 Å². The van der Waals surface area contributed by atoms with Gasteiger partial charge >= 0.3 is 0 Å². The number of nitrogens with one attached hydrogen (secondary N) is 1. The zero-order chi connectivity index (χ0) is 19.8.